The highest BCUT2D eigenvalue weighted by molar-refractivity contribution is 6.33. The van der Waals surface area contributed by atoms with Gasteiger partial charge in [-0.2, -0.15) is 0 Å². The minimum Gasteiger partial charge on any atom is -0.488 e. The number of nitrogens with zero attached hydrogens (tertiary/aromatic N) is 4. The minimum absolute atomic E-state index is 0.0389. The van der Waals surface area contributed by atoms with Crippen molar-refractivity contribution in [3.05, 3.63) is 47.6 Å². The minimum atomic E-state index is -0.852. The summed E-state index contributed by atoms with van der Waals surface area (Å²) in [6, 6.07) is 7.25. The molecule has 0 amide bonds. The lowest BCUT2D eigenvalue weighted by Crippen LogP contribution is -2.30. The Morgan fingerprint density at radius 3 is 2.88 bits per heavy atom. The number of aliphatic hydroxyl groups excluding tert-OH is 1. The molecular weight excluding hydrogens is 451 g/mol. The van der Waals surface area contributed by atoms with E-state index in [1.807, 2.05) is 12.1 Å². The van der Waals surface area contributed by atoms with E-state index >= 15 is 0 Å². The van der Waals surface area contributed by atoms with Crippen LogP contribution in [-0.2, 0) is 4.74 Å². The van der Waals surface area contributed by atoms with Crippen LogP contribution in [0.2, 0.25) is 5.02 Å². The summed E-state index contributed by atoms with van der Waals surface area (Å²) >= 11 is 6.05. The number of aromatic nitrogens is 4. The number of fused-ring (bicyclic) bond motifs is 3. The maximum Gasteiger partial charge on any atom is 0.162 e. The van der Waals surface area contributed by atoms with E-state index in [0.717, 1.165) is 5.39 Å². The number of rotatable bonds is 3. The summed E-state index contributed by atoms with van der Waals surface area (Å²) in [7, 11) is 0. The molecule has 9 nitrogen and oxygen atoms in total. The predicted octanol–water partition coefficient (Wildman–Crippen LogP) is 3.05. The molecule has 0 radical (unpaired) electrons. The van der Waals surface area contributed by atoms with E-state index in [1.165, 1.54) is 17.1 Å². The van der Waals surface area contributed by atoms with E-state index in [0.29, 0.717) is 29.1 Å². The van der Waals surface area contributed by atoms with Crippen LogP contribution >= 0.6 is 11.6 Å². The largest absolute Gasteiger partial charge is 0.488 e. The van der Waals surface area contributed by atoms with Gasteiger partial charge in [0.25, 0.3) is 0 Å². The molecular formula is C22H20ClFN6O3. The van der Waals surface area contributed by atoms with E-state index in [-0.39, 0.29) is 40.8 Å². The Morgan fingerprint density at radius 1 is 1.18 bits per heavy atom. The fourth-order valence-electron chi connectivity index (χ4n) is 4.96. The number of aliphatic hydroxyl groups is 1. The maximum atomic E-state index is 14.5. The van der Waals surface area contributed by atoms with Crippen molar-refractivity contribution in [1.82, 2.24) is 19.5 Å². The molecule has 3 aromatic heterocycles. The highest BCUT2D eigenvalue weighted by atomic mass is 35.5. The third-order valence-electron chi connectivity index (χ3n) is 6.52. The first-order valence-corrected chi connectivity index (χ1v) is 10.9. The third-order valence-corrected chi connectivity index (χ3v) is 6.83. The Morgan fingerprint density at radius 2 is 2.03 bits per heavy atom. The van der Waals surface area contributed by atoms with Crippen LogP contribution in [0.15, 0.2) is 36.8 Å². The van der Waals surface area contributed by atoms with Crippen molar-refractivity contribution in [3.8, 4) is 5.75 Å². The van der Waals surface area contributed by atoms with Crippen molar-refractivity contribution >= 4 is 45.2 Å². The molecule has 1 aromatic carbocycles. The van der Waals surface area contributed by atoms with E-state index in [2.05, 4.69) is 15.0 Å². The molecule has 170 valence electrons. The summed E-state index contributed by atoms with van der Waals surface area (Å²) in [6.07, 6.45) is 1.60. The first-order chi connectivity index (χ1) is 15.9. The Labute approximate surface area is 192 Å². The van der Waals surface area contributed by atoms with Crippen LogP contribution in [0.3, 0.4) is 0 Å². The Kier molecular flexibility index (Phi) is 4.58. The lowest BCUT2D eigenvalue weighted by atomic mass is 10.0. The van der Waals surface area contributed by atoms with Gasteiger partial charge in [0, 0.05) is 23.6 Å². The smallest absolute Gasteiger partial charge is 0.162 e. The zero-order valence-electron chi connectivity index (χ0n) is 17.2. The summed E-state index contributed by atoms with van der Waals surface area (Å²) in [6.45, 7) is 0. The highest BCUT2D eigenvalue weighted by Gasteiger charge is 2.52. The summed E-state index contributed by atoms with van der Waals surface area (Å²) in [5.74, 6) is 0.182. The lowest BCUT2D eigenvalue weighted by molar-refractivity contribution is -0.0655. The van der Waals surface area contributed by atoms with Crippen LogP contribution in [0.25, 0.3) is 21.9 Å². The van der Waals surface area contributed by atoms with Gasteiger partial charge in [0.05, 0.1) is 15.9 Å². The number of halogens is 2. The molecule has 5 atom stereocenters. The van der Waals surface area contributed by atoms with Crippen LogP contribution in [0.1, 0.15) is 19.1 Å². The molecule has 0 spiro atoms. The maximum absolute atomic E-state index is 14.5. The van der Waals surface area contributed by atoms with Crippen molar-refractivity contribution in [2.75, 3.05) is 11.5 Å². The summed E-state index contributed by atoms with van der Waals surface area (Å²) in [5.41, 5.74) is 12.6. The summed E-state index contributed by atoms with van der Waals surface area (Å²) < 4.78 is 28.5. The number of ether oxygens (including phenoxy) is 2. The average molecular weight is 471 g/mol. The lowest BCUT2D eigenvalue weighted by Gasteiger charge is -2.22. The van der Waals surface area contributed by atoms with E-state index in [4.69, 9.17) is 32.5 Å². The second kappa shape index (κ2) is 7.41. The van der Waals surface area contributed by atoms with Crippen LogP contribution in [0.4, 0.5) is 16.0 Å². The number of hydrogen-bond acceptors (Lipinski definition) is 8. The van der Waals surface area contributed by atoms with Gasteiger partial charge in [-0.3, -0.25) is 0 Å². The van der Waals surface area contributed by atoms with Gasteiger partial charge >= 0.3 is 0 Å². The van der Waals surface area contributed by atoms with Crippen LogP contribution < -0.4 is 16.2 Å². The fourth-order valence-corrected chi connectivity index (χ4v) is 5.12. The Balaban J connectivity index is 1.27. The summed E-state index contributed by atoms with van der Waals surface area (Å²) in [5, 5.41) is 12.4. The van der Waals surface area contributed by atoms with Crippen LogP contribution in [0, 0.1) is 11.7 Å². The van der Waals surface area contributed by atoms with Gasteiger partial charge in [0.15, 0.2) is 17.7 Å². The number of nitrogen functional groups attached to an aromatic ring is 2. The molecule has 1 aliphatic carbocycles. The molecule has 4 heterocycles. The quantitative estimate of drug-likeness (QED) is 0.416. The van der Waals surface area contributed by atoms with Gasteiger partial charge in [0.2, 0.25) is 0 Å². The van der Waals surface area contributed by atoms with Gasteiger partial charge in [-0.15, -0.1) is 0 Å². The van der Waals surface area contributed by atoms with E-state index < -0.39 is 18.1 Å². The third kappa shape index (κ3) is 3.17. The molecule has 2 aliphatic rings. The molecule has 33 heavy (non-hydrogen) atoms. The first-order valence-electron chi connectivity index (χ1n) is 10.5. The monoisotopic (exact) mass is 470 g/mol. The van der Waals surface area contributed by atoms with Crippen molar-refractivity contribution in [1.29, 1.82) is 0 Å². The molecule has 1 unspecified atom stereocenters. The molecule has 6 rings (SSSR count). The number of pyridine rings is 1. The molecule has 1 saturated carbocycles. The van der Waals surface area contributed by atoms with Gasteiger partial charge in [-0.25, -0.2) is 19.3 Å². The van der Waals surface area contributed by atoms with Crippen molar-refractivity contribution < 1.29 is 19.0 Å². The SMILES string of the molecule is Nc1nc2cc(O[C@H]3CCC4[C@@H](O)[C@H](n5cc(F)c6c(N)ncnc65)O[C@@H]43)ccc2cc1Cl. The first kappa shape index (κ1) is 20.4. The molecule has 0 bridgehead atoms. The molecule has 5 N–H and O–H groups in total. The average Bonchev–Trinajstić information content (AvgIpc) is 3.43. The van der Waals surface area contributed by atoms with E-state index in [1.54, 1.807) is 12.1 Å². The summed E-state index contributed by atoms with van der Waals surface area (Å²) in [4.78, 5) is 12.3. The molecule has 11 heteroatoms. The number of benzene rings is 1. The predicted molar refractivity (Wildman–Crippen MR) is 120 cm³/mol. The second-order valence-corrected chi connectivity index (χ2v) is 8.84. The van der Waals surface area contributed by atoms with Crippen LogP contribution in [-0.4, -0.2) is 42.9 Å². The van der Waals surface area contributed by atoms with Crippen molar-refractivity contribution in [3.63, 3.8) is 0 Å². The molecule has 1 aliphatic heterocycles. The normalized spacial score (nSPS) is 26.8. The molecule has 1 saturated heterocycles. The second-order valence-electron chi connectivity index (χ2n) is 8.43. The standard InChI is InChI=1S/C22H20ClFN6O3/c23-12-5-9-1-2-10(6-14(9)29-19(12)25)32-15-4-3-11-17(31)22(33-18(11)15)30-7-13(24)16-20(26)27-8-28-21(16)30/h1-2,5-8,11,15,17-18,22,31H,3-4H2,(H2,25,29)(H2,26,27,28)/t11?,15-,17+,18-,22+/m0/s1. The molecule has 4 aromatic rings. The number of anilines is 2. The van der Waals surface area contributed by atoms with E-state index in [9.17, 15) is 9.50 Å². The van der Waals surface area contributed by atoms with Crippen molar-refractivity contribution in [2.24, 2.45) is 5.92 Å². The Bertz CT molecular complexity index is 1400. The molecule has 2 fully saturated rings. The Hall–Kier alpha value is -3.21. The van der Waals surface area contributed by atoms with Gasteiger partial charge in [-0.05, 0) is 31.0 Å². The zero-order chi connectivity index (χ0) is 22.9. The zero-order valence-corrected chi connectivity index (χ0v) is 18.0. The van der Waals surface area contributed by atoms with Gasteiger partial charge in [0.1, 0.15) is 42.0 Å². The highest BCUT2D eigenvalue weighted by Crippen LogP contribution is 2.46. The number of nitrogens with two attached hydrogens (primary N) is 2. The fraction of sp³-hybridized carbons (Fsp3) is 0.318. The van der Waals surface area contributed by atoms with Crippen molar-refractivity contribution in [2.45, 2.75) is 37.4 Å². The number of hydrogen-bond donors (Lipinski definition) is 3. The topological polar surface area (TPSA) is 134 Å². The van der Waals surface area contributed by atoms with Crippen LogP contribution in [0.5, 0.6) is 5.75 Å². The van der Waals surface area contributed by atoms with Gasteiger partial charge in [-0.1, -0.05) is 11.6 Å². The van der Waals surface area contributed by atoms with Gasteiger partial charge < -0.3 is 30.6 Å².